The van der Waals surface area contributed by atoms with Gasteiger partial charge in [0, 0.05) is 39.9 Å². The number of benzene rings is 3. The number of nitrogens with zero attached hydrogens (tertiary/aromatic N) is 5. The summed E-state index contributed by atoms with van der Waals surface area (Å²) in [5.74, 6) is 0.781. The molecule has 0 bridgehead atoms. The molecule has 7 aromatic rings. The Morgan fingerprint density at radius 1 is 0.564 bits per heavy atom. The topological polar surface area (TPSA) is 54.8 Å². The summed E-state index contributed by atoms with van der Waals surface area (Å²) < 4.78 is 1.09. The third kappa shape index (κ3) is 4.79. The van der Waals surface area contributed by atoms with Crippen LogP contribution in [0.5, 0.6) is 0 Å². The predicted octanol–water partition coefficient (Wildman–Crippen LogP) is 8.44. The zero-order valence-electron chi connectivity index (χ0n) is 20.6. The van der Waals surface area contributed by atoms with Crippen LogP contribution in [0.3, 0.4) is 0 Å². The molecule has 0 saturated carbocycles. The first-order chi connectivity index (χ1) is 18.8. The zero-order valence-corrected chi connectivity index (χ0v) is 22.3. The Bertz CT molecular complexity index is 1890. The molecule has 4 heterocycles. The van der Waals surface area contributed by atoms with E-state index in [4.69, 9.17) is 15.0 Å². The molecule has 191 valence electrons. The zero-order chi connectivity index (χ0) is 25.3. The minimum absolute atomic E-state index is 0. The Morgan fingerprint density at radius 2 is 1.36 bits per heavy atom. The van der Waals surface area contributed by atoms with Crippen LogP contribution in [0.25, 0.3) is 43.8 Å². The van der Waals surface area contributed by atoms with Crippen molar-refractivity contribution in [2.45, 2.75) is 0 Å². The van der Waals surface area contributed by atoms with E-state index in [1.54, 1.807) is 17.5 Å². The summed E-state index contributed by atoms with van der Waals surface area (Å²) in [5, 5.41) is 1.96. The molecule has 0 fully saturated rings. The van der Waals surface area contributed by atoms with Crippen molar-refractivity contribution in [2.75, 3.05) is 4.90 Å². The molecule has 7 heteroatoms. The fourth-order valence-electron chi connectivity index (χ4n) is 4.58. The number of rotatable bonds is 5. The van der Waals surface area contributed by atoms with Crippen LogP contribution < -0.4 is 4.90 Å². The Morgan fingerprint density at radius 3 is 2.23 bits per heavy atom. The molecule has 0 saturated heterocycles. The van der Waals surface area contributed by atoms with Crippen molar-refractivity contribution in [2.24, 2.45) is 0 Å². The van der Waals surface area contributed by atoms with Crippen LogP contribution in [0.2, 0.25) is 0 Å². The number of anilines is 3. The van der Waals surface area contributed by atoms with Crippen LogP contribution in [0.15, 0.2) is 128 Å². The molecular formula is C32H21CuN5S. The predicted molar refractivity (Wildman–Crippen MR) is 156 cm³/mol. The molecule has 0 amide bonds. The van der Waals surface area contributed by atoms with Gasteiger partial charge in [0.1, 0.15) is 5.82 Å². The van der Waals surface area contributed by atoms with Gasteiger partial charge in [-0.15, -0.1) is 0 Å². The van der Waals surface area contributed by atoms with Gasteiger partial charge in [0.05, 0.1) is 32.8 Å². The van der Waals surface area contributed by atoms with E-state index in [1.165, 1.54) is 0 Å². The molecule has 3 aromatic carbocycles. The second-order valence-corrected chi connectivity index (χ2v) is 9.81. The molecule has 0 aliphatic heterocycles. The van der Waals surface area contributed by atoms with Gasteiger partial charge in [-0.3, -0.25) is 9.88 Å². The van der Waals surface area contributed by atoms with Gasteiger partial charge >= 0.3 is 0 Å². The molecule has 0 unspecified atom stereocenters. The standard InChI is InChI=1S/C32H21N5S.Cu/c1-2-11-23(12-3-1)37(30-18-9-16-28(35-30)27-15-6-7-21-33-27)32-36-31-24(13-8-17-29(31)38-32)26-20-19-22-10-4-5-14-25(22)34-26;/h1-21H;. The Kier molecular flexibility index (Phi) is 6.86. The molecule has 0 aliphatic rings. The van der Waals surface area contributed by atoms with Gasteiger partial charge in [0.2, 0.25) is 0 Å². The van der Waals surface area contributed by atoms with Crippen molar-refractivity contribution in [3.05, 3.63) is 128 Å². The Balaban J connectivity index is 0.00000277. The number of aromatic nitrogens is 4. The van der Waals surface area contributed by atoms with Crippen molar-refractivity contribution in [1.82, 2.24) is 19.9 Å². The van der Waals surface area contributed by atoms with Crippen LogP contribution in [0, 0.1) is 0 Å². The molecule has 7 rings (SSSR count). The average molecular weight is 571 g/mol. The van der Waals surface area contributed by atoms with Crippen molar-refractivity contribution in [3.63, 3.8) is 0 Å². The number of hydrogen-bond donors (Lipinski definition) is 0. The van der Waals surface area contributed by atoms with Crippen molar-refractivity contribution < 1.29 is 17.1 Å². The number of hydrogen-bond acceptors (Lipinski definition) is 6. The van der Waals surface area contributed by atoms with Gasteiger partial charge in [-0.05, 0) is 54.6 Å². The largest absolute Gasteiger partial charge is 0.270 e. The second-order valence-electron chi connectivity index (χ2n) is 8.80. The summed E-state index contributed by atoms with van der Waals surface area (Å²) in [7, 11) is 0. The van der Waals surface area contributed by atoms with E-state index in [2.05, 4.69) is 58.4 Å². The molecule has 5 nitrogen and oxygen atoms in total. The van der Waals surface area contributed by atoms with E-state index in [0.29, 0.717) is 0 Å². The number of thiazole rings is 1. The van der Waals surface area contributed by atoms with Gasteiger partial charge in [-0.1, -0.05) is 78.1 Å². The molecule has 0 aliphatic carbocycles. The second kappa shape index (κ2) is 10.8. The molecule has 4 aromatic heterocycles. The third-order valence-electron chi connectivity index (χ3n) is 6.38. The van der Waals surface area contributed by atoms with Crippen LogP contribution in [-0.4, -0.2) is 19.9 Å². The van der Waals surface area contributed by atoms with E-state index in [1.807, 2.05) is 72.8 Å². The van der Waals surface area contributed by atoms with E-state index < -0.39 is 0 Å². The van der Waals surface area contributed by atoms with Gasteiger partial charge in [0.15, 0.2) is 5.13 Å². The number of fused-ring (bicyclic) bond motifs is 2. The summed E-state index contributed by atoms with van der Waals surface area (Å²) in [4.78, 5) is 21.7. The van der Waals surface area contributed by atoms with Gasteiger partial charge in [-0.2, -0.15) is 0 Å². The summed E-state index contributed by atoms with van der Waals surface area (Å²) in [6, 6.07) is 40.7. The minimum atomic E-state index is 0. The maximum Gasteiger partial charge on any atom is 0.196 e. The van der Waals surface area contributed by atoms with E-state index in [9.17, 15) is 0 Å². The molecule has 0 N–H and O–H groups in total. The van der Waals surface area contributed by atoms with Gasteiger partial charge < -0.3 is 0 Å². The summed E-state index contributed by atoms with van der Waals surface area (Å²) in [6.45, 7) is 0. The molecule has 1 radical (unpaired) electrons. The van der Waals surface area contributed by atoms with Crippen molar-refractivity contribution in [1.29, 1.82) is 0 Å². The molecule has 0 atom stereocenters. The summed E-state index contributed by atoms with van der Waals surface area (Å²) in [5.41, 5.74) is 6.45. The van der Waals surface area contributed by atoms with Gasteiger partial charge in [-0.25, -0.2) is 15.0 Å². The summed E-state index contributed by atoms with van der Waals surface area (Å²) in [6.07, 6.45) is 1.79. The third-order valence-corrected chi connectivity index (χ3v) is 7.38. The fourth-order valence-corrected chi connectivity index (χ4v) is 5.60. The van der Waals surface area contributed by atoms with Gasteiger partial charge in [0.25, 0.3) is 0 Å². The normalized spacial score (nSPS) is 10.9. The number of para-hydroxylation sites is 3. The first kappa shape index (κ1) is 24.9. The monoisotopic (exact) mass is 570 g/mol. The number of pyridine rings is 3. The SMILES string of the molecule is [Cu].c1ccc(N(c2cccc(-c3ccccn3)n2)c2nc3c(-c4ccc5ccccc5n4)cccc3s2)cc1. The van der Waals surface area contributed by atoms with E-state index >= 15 is 0 Å². The van der Waals surface area contributed by atoms with E-state index in [-0.39, 0.29) is 17.1 Å². The first-order valence-electron chi connectivity index (χ1n) is 12.3. The maximum absolute atomic E-state index is 5.17. The quantitative estimate of drug-likeness (QED) is 0.194. The Labute approximate surface area is 240 Å². The fraction of sp³-hybridized carbons (Fsp3) is 0. The average Bonchev–Trinajstić information content (AvgIpc) is 3.42. The van der Waals surface area contributed by atoms with Crippen molar-refractivity contribution in [3.8, 4) is 22.6 Å². The maximum atomic E-state index is 5.17. The molecule has 39 heavy (non-hydrogen) atoms. The Hall–Kier alpha value is -4.42. The molecule has 0 spiro atoms. The van der Waals surface area contributed by atoms with Crippen LogP contribution >= 0.6 is 11.3 Å². The van der Waals surface area contributed by atoms with E-state index in [0.717, 1.165) is 60.4 Å². The molecular weight excluding hydrogens is 550 g/mol. The van der Waals surface area contributed by atoms with Crippen molar-refractivity contribution >= 4 is 49.1 Å². The summed E-state index contributed by atoms with van der Waals surface area (Å²) >= 11 is 1.64. The minimum Gasteiger partial charge on any atom is -0.270 e. The smallest absolute Gasteiger partial charge is 0.196 e. The van der Waals surface area contributed by atoms with Crippen LogP contribution in [0.4, 0.5) is 16.6 Å². The van der Waals surface area contributed by atoms with Crippen LogP contribution in [0.1, 0.15) is 0 Å². The van der Waals surface area contributed by atoms with Crippen LogP contribution in [-0.2, 0) is 17.1 Å². The first-order valence-corrected chi connectivity index (χ1v) is 13.1.